The van der Waals surface area contributed by atoms with E-state index in [0.717, 1.165) is 18.4 Å². The number of carbonyl (C=O) groups is 2. The van der Waals surface area contributed by atoms with E-state index in [0.29, 0.717) is 34.6 Å². The number of nitrogens with one attached hydrogen (secondary N) is 1. The van der Waals surface area contributed by atoms with Crippen LogP contribution in [0.1, 0.15) is 18.4 Å². The maximum Gasteiger partial charge on any atom is 0.334 e. The fourth-order valence-electron chi connectivity index (χ4n) is 3.38. The highest BCUT2D eigenvalue weighted by molar-refractivity contribution is 7.89. The summed E-state index contributed by atoms with van der Waals surface area (Å²) < 4.78 is 37.6. The van der Waals surface area contributed by atoms with E-state index in [9.17, 15) is 18.0 Å². The predicted molar refractivity (Wildman–Crippen MR) is 119 cm³/mol. The van der Waals surface area contributed by atoms with Crippen molar-refractivity contribution in [2.45, 2.75) is 24.7 Å². The number of sulfonamides is 1. The molecule has 1 saturated heterocycles. The molecule has 32 heavy (non-hydrogen) atoms. The van der Waals surface area contributed by atoms with Crippen LogP contribution < -0.4 is 14.8 Å². The van der Waals surface area contributed by atoms with Gasteiger partial charge in [0.2, 0.25) is 5.91 Å². The van der Waals surface area contributed by atoms with Gasteiger partial charge in [0, 0.05) is 19.2 Å². The number of rotatable bonds is 7. The summed E-state index contributed by atoms with van der Waals surface area (Å²) in [6.07, 6.45) is 1.58. The number of ether oxygens (including phenoxy) is 2. The smallest absolute Gasteiger partial charge is 0.334 e. The number of benzene rings is 2. The summed E-state index contributed by atoms with van der Waals surface area (Å²) in [6.45, 7) is 2.07. The first-order chi connectivity index (χ1) is 15.3. The summed E-state index contributed by atoms with van der Waals surface area (Å²) in [5.41, 5.74) is 1.21. The topological polar surface area (TPSA) is 105 Å². The van der Waals surface area contributed by atoms with Crippen molar-refractivity contribution >= 4 is 27.6 Å². The number of hydrogen-bond acceptors (Lipinski definition) is 6. The van der Waals surface area contributed by atoms with Crippen molar-refractivity contribution in [2.75, 3.05) is 39.2 Å². The standard InChI is InChI=1S/C22H27N3O6S/c1-16-6-9-18(10-7-16)32(28,29)25(22(27)24-12-4-5-13-24)15-21(26)23-19-11-8-17(30-2)14-20(19)31-3/h6-11,14H,4-5,12-13,15H2,1-3H3,(H,23,26). The minimum atomic E-state index is -4.24. The molecule has 1 fully saturated rings. The largest absolute Gasteiger partial charge is 0.497 e. The Morgan fingerprint density at radius 1 is 1.03 bits per heavy atom. The van der Waals surface area contributed by atoms with Crippen LogP contribution >= 0.6 is 0 Å². The predicted octanol–water partition coefficient (Wildman–Crippen LogP) is 2.86. The highest BCUT2D eigenvalue weighted by atomic mass is 32.2. The van der Waals surface area contributed by atoms with Crippen molar-refractivity contribution in [2.24, 2.45) is 0 Å². The Morgan fingerprint density at radius 3 is 2.28 bits per heavy atom. The molecule has 0 radical (unpaired) electrons. The molecule has 1 heterocycles. The summed E-state index contributed by atoms with van der Waals surface area (Å²) in [5, 5.41) is 2.63. The zero-order valence-corrected chi connectivity index (χ0v) is 19.1. The summed E-state index contributed by atoms with van der Waals surface area (Å²) in [5.74, 6) is 0.209. The van der Waals surface area contributed by atoms with Gasteiger partial charge in [0.05, 0.1) is 24.8 Å². The fraction of sp³-hybridized carbons (Fsp3) is 0.364. The average molecular weight is 462 g/mol. The molecule has 0 aromatic heterocycles. The van der Waals surface area contributed by atoms with Crippen LogP contribution in [0.15, 0.2) is 47.4 Å². The van der Waals surface area contributed by atoms with Crippen LogP contribution in [0.25, 0.3) is 0 Å². The monoisotopic (exact) mass is 461 g/mol. The van der Waals surface area contributed by atoms with Gasteiger partial charge in [0.15, 0.2) is 0 Å². The average Bonchev–Trinajstić information content (AvgIpc) is 3.32. The number of carbonyl (C=O) groups excluding carboxylic acids is 2. The number of amides is 3. The highest BCUT2D eigenvalue weighted by Crippen LogP contribution is 2.29. The van der Waals surface area contributed by atoms with Gasteiger partial charge in [-0.05, 0) is 44.0 Å². The SMILES string of the molecule is COc1ccc(NC(=O)CN(C(=O)N2CCCC2)S(=O)(=O)c2ccc(C)cc2)c(OC)c1. The van der Waals surface area contributed by atoms with Gasteiger partial charge in [-0.2, -0.15) is 0 Å². The van der Waals surface area contributed by atoms with Gasteiger partial charge >= 0.3 is 6.03 Å². The van der Waals surface area contributed by atoms with Crippen molar-refractivity contribution in [3.05, 3.63) is 48.0 Å². The summed E-state index contributed by atoms with van der Waals surface area (Å²) in [7, 11) is -1.29. The second-order valence-corrected chi connectivity index (χ2v) is 9.28. The molecule has 1 aliphatic rings. The number of likely N-dealkylation sites (tertiary alicyclic amines) is 1. The van der Waals surface area contributed by atoms with Crippen molar-refractivity contribution in [1.29, 1.82) is 0 Å². The van der Waals surface area contributed by atoms with Gasteiger partial charge < -0.3 is 19.7 Å². The van der Waals surface area contributed by atoms with Gasteiger partial charge in [-0.3, -0.25) is 4.79 Å². The Balaban J connectivity index is 1.88. The van der Waals surface area contributed by atoms with E-state index in [2.05, 4.69) is 5.32 Å². The molecule has 0 saturated carbocycles. The molecule has 172 valence electrons. The first-order valence-electron chi connectivity index (χ1n) is 10.2. The maximum absolute atomic E-state index is 13.3. The van der Waals surface area contributed by atoms with Gasteiger partial charge in [-0.1, -0.05) is 17.7 Å². The number of aryl methyl sites for hydroxylation is 1. The molecule has 2 aromatic carbocycles. The number of hydrogen-bond donors (Lipinski definition) is 1. The minimum Gasteiger partial charge on any atom is -0.497 e. The van der Waals surface area contributed by atoms with Gasteiger partial charge in [-0.15, -0.1) is 0 Å². The molecular formula is C22H27N3O6S. The third kappa shape index (κ3) is 5.13. The van der Waals surface area contributed by atoms with Crippen molar-refractivity contribution in [1.82, 2.24) is 9.21 Å². The highest BCUT2D eigenvalue weighted by Gasteiger charge is 2.35. The Labute approximate surface area is 188 Å². The maximum atomic E-state index is 13.3. The Kier molecular flexibility index (Phi) is 7.24. The van der Waals surface area contributed by atoms with E-state index in [1.165, 1.54) is 31.3 Å². The third-order valence-corrected chi connectivity index (χ3v) is 6.90. The lowest BCUT2D eigenvalue weighted by molar-refractivity contribution is -0.116. The van der Waals surface area contributed by atoms with Crippen LogP contribution in [0.2, 0.25) is 0 Å². The van der Waals surface area contributed by atoms with Crippen LogP contribution in [0.4, 0.5) is 10.5 Å². The quantitative estimate of drug-likeness (QED) is 0.680. The molecule has 0 bridgehead atoms. The van der Waals surface area contributed by atoms with Crippen LogP contribution in [0.3, 0.4) is 0 Å². The summed E-state index contributed by atoms with van der Waals surface area (Å²) in [4.78, 5) is 27.3. The normalized spacial score (nSPS) is 13.5. The van der Waals surface area contributed by atoms with E-state index >= 15 is 0 Å². The lowest BCUT2D eigenvalue weighted by Crippen LogP contribution is -2.48. The van der Waals surface area contributed by atoms with E-state index in [4.69, 9.17) is 9.47 Å². The Bertz CT molecular complexity index is 1080. The Hall–Kier alpha value is -3.27. The number of methoxy groups -OCH3 is 2. The lowest BCUT2D eigenvalue weighted by Gasteiger charge is -2.27. The van der Waals surface area contributed by atoms with Crippen LogP contribution in [-0.4, -0.2) is 63.4 Å². The molecule has 10 heteroatoms. The first-order valence-corrected chi connectivity index (χ1v) is 11.6. The van der Waals surface area contributed by atoms with Gasteiger partial charge in [0.25, 0.3) is 10.0 Å². The molecule has 3 amide bonds. The summed E-state index contributed by atoms with van der Waals surface area (Å²) in [6, 6.07) is 10.2. The van der Waals surface area contributed by atoms with E-state index < -0.39 is 28.5 Å². The molecule has 0 atom stereocenters. The summed E-state index contributed by atoms with van der Waals surface area (Å²) >= 11 is 0. The third-order valence-electron chi connectivity index (χ3n) is 5.17. The molecular weight excluding hydrogens is 434 g/mol. The molecule has 0 spiro atoms. The molecule has 9 nitrogen and oxygen atoms in total. The van der Waals surface area contributed by atoms with E-state index in [1.807, 2.05) is 6.92 Å². The van der Waals surface area contributed by atoms with E-state index in [1.54, 1.807) is 30.3 Å². The molecule has 3 rings (SSSR count). The molecule has 0 unspecified atom stereocenters. The van der Waals surface area contributed by atoms with E-state index in [-0.39, 0.29) is 4.90 Å². The second kappa shape index (κ2) is 9.90. The van der Waals surface area contributed by atoms with Gasteiger partial charge in [0.1, 0.15) is 18.0 Å². The van der Waals surface area contributed by atoms with Crippen LogP contribution in [0, 0.1) is 6.92 Å². The van der Waals surface area contributed by atoms with Crippen molar-refractivity contribution in [3.63, 3.8) is 0 Å². The van der Waals surface area contributed by atoms with Crippen molar-refractivity contribution < 1.29 is 27.5 Å². The lowest BCUT2D eigenvalue weighted by atomic mass is 10.2. The first kappa shape index (κ1) is 23.4. The second-order valence-electron chi connectivity index (χ2n) is 7.42. The zero-order chi connectivity index (χ0) is 23.3. The molecule has 0 aliphatic carbocycles. The number of anilines is 1. The van der Waals surface area contributed by atoms with Crippen molar-refractivity contribution in [3.8, 4) is 11.5 Å². The Morgan fingerprint density at radius 2 is 1.69 bits per heavy atom. The number of nitrogens with zero attached hydrogens (tertiary/aromatic N) is 2. The zero-order valence-electron chi connectivity index (χ0n) is 18.3. The molecule has 1 N–H and O–H groups in total. The molecule has 2 aromatic rings. The molecule has 1 aliphatic heterocycles. The minimum absolute atomic E-state index is 0.0505. The van der Waals surface area contributed by atoms with Gasteiger partial charge in [-0.25, -0.2) is 17.5 Å². The van der Waals surface area contributed by atoms with Crippen LogP contribution in [0.5, 0.6) is 11.5 Å². The van der Waals surface area contributed by atoms with Crippen LogP contribution in [-0.2, 0) is 14.8 Å². The fourth-order valence-corrected chi connectivity index (χ4v) is 4.72. The number of urea groups is 1.